The van der Waals surface area contributed by atoms with Gasteiger partial charge in [0.05, 0.1) is 17.1 Å². The van der Waals surface area contributed by atoms with Crippen LogP contribution < -0.4 is 5.32 Å². The van der Waals surface area contributed by atoms with Crippen LogP contribution in [0.2, 0.25) is 5.02 Å². The van der Waals surface area contributed by atoms with E-state index in [1.807, 2.05) is 36.5 Å². The van der Waals surface area contributed by atoms with E-state index in [0.717, 1.165) is 20.9 Å². The van der Waals surface area contributed by atoms with Crippen molar-refractivity contribution in [2.24, 2.45) is 0 Å². The fraction of sp³-hybridized carbons (Fsp3) is 0.0625. The Morgan fingerprint density at radius 3 is 2.86 bits per heavy atom. The second-order valence-corrected chi connectivity index (χ2v) is 6.03. The first kappa shape index (κ1) is 14.2. The summed E-state index contributed by atoms with van der Waals surface area (Å²) in [7, 11) is 0. The summed E-state index contributed by atoms with van der Waals surface area (Å²) >= 11 is 9.44. The Bertz CT molecular complexity index is 813. The maximum absolute atomic E-state index is 12.2. The average molecular weight is 364 g/mol. The van der Waals surface area contributed by atoms with Crippen molar-refractivity contribution < 1.29 is 4.79 Å². The number of aromatic nitrogens is 1. The number of halogens is 2. The number of anilines is 1. The number of amides is 1. The van der Waals surface area contributed by atoms with E-state index in [4.69, 9.17) is 11.6 Å². The second-order valence-electron chi connectivity index (χ2n) is 4.71. The summed E-state index contributed by atoms with van der Waals surface area (Å²) in [5, 5.41) is 4.41. The van der Waals surface area contributed by atoms with Crippen molar-refractivity contribution in [2.45, 2.75) is 6.42 Å². The number of fused-ring (bicyclic) bond motifs is 1. The second kappa shape index (κ2) is 5.92. The van der Waals surface area contributed by atoms with Gasteiger partial charge in [0.15, 0.2) is 0 Å². The highest BCUT2D eigenvalue weighted by atomic mass is 79.9. The zero-order valence-electron chi connectivity index (χ0n) is 11.0. The average Bonchev–Trinajstić information content (AvgIpc) is 2.85. The molecule has 1 heterocycles. The van der Waals surface area contributed by atoms with Crippen LogP contribution in [0.15, 0.2) is 53.1 Å². The molecule has 1 amide bonds. The molecule has 0 saturated carbocycles. The molecular weight excluding hydrogens is 352 g/mol. The monoisotopic (exact) mass is 362 g/mol. The first-order valence-electron chi connectivity index (χ1n) is 6.43. The van der Waals surface area contributed by atoms with E-state index in [-0.39, 0.29) is 5.91 Å². The van der Waals surface area contributed by atoms with E-state index in [9.17, 15) is 4.79 Å². The molecule has 1 aromatic heterocycles. The lowest BCUT2D eigenvalue weighted by atomic mass is 10.1. The van der Waals surface area contributed by atoms with Gasteiger partial charge in [-0.25, -0.2) is 0 Å². The predicted molar refractivity (Wildman–Crippen MR) is 89.8 cm³/mol. The number of rotatable bonds is 3. The van der Waals surface area contributed by atoms with E-state index in [1.54, 1.807) is 12.1 Å². The van der Waals surface area contributed by atoms with Crippen molar-refractivity contribution in [2.75, 3.05) is 5.32 Å². The molecule has 3 rings (SSSR count). The van der Waals surface area contributed by atoms with Gasteiger partial charge in [0.2, 0.25) is 5.91 Å². The highest BCUT2D eigenvalue weighted by Gasteiger charge is 2.10. The number of H-pyrrole nitrogens is 1. The summed E-state index contributed by atoms with van der Waals surface area (Å²) in [5.41, 5.74) is 2.61. The zero-order valence-corrected chi connectivity index (χ0v) is 13.3. The third-order valence-electron chi connectivity index (χ3n) is 3.23. The van der Waals surface area contributed by atoms with Crippen LogP contribution in [-0.4, -0.2) is 10.9 Å². The van der Waals surface area contributed by atoms with Crippen molar-refractivity contribution >= 4 is 50.0 Å². The molecule has 0 atom stereocenters. The standard InChI is InChI=1S/C16H12BrClN2O/c17-11-5-6-15(13(18)8-11)20-16(21)7-10-9-19-14-4-2-1-3-12(10)14/h1-6,8-9,19H,7H2,(H,20,21). The molecule has 0 aliphatic carbocycles. The molecule has 0 aliphatic rings. The van der Waals surface area contributed by atoms with E-state index in [0.29, 0.717) is 17.1 Å². The molecule has 2 aromatic carbocycles. The fourth-order valence-corrected chi connectivity index (χ4v) is 2.96. The number of nitrogens with one attached hydrogen (secondary N) is 2. The molecule has 0 unspecified atom stereocenters. The summed E-state index contributed by atoms with van der Waals surface area (Å²) in [4.78, 5) is 15.3. The number of benzene rings is 2. The number of hydrogen-bond acceptors (Lipinski definition) is 1. The summed E-state index contributed by atoms with van der Waals surface area (Å²) in [6.07, 6.45) is 2.17. The fourth-order valence-electron chi connectivity index (χ4n) is 2.24. The third kappa shape index (κ3) is 3.12. The van der Waals surface area contributed by atoms with Crippen LogP contribution in [0.1, 0.15) is 5.56 Å². The Hall–Kier alpha value is -1.78. The summed E-state index contributed by atoms with van der Waals surface area (Å²) in [5.74, 6) is -0.0935. The van der Waals surface area contributed by atoms with Gasteiger partial charge in [-0.15, -0.1) is 0 Å². The Morgan fingerprint density at radius 2 is 2.05 bits per heavy atom. The van der Waals surface area contributed by atoms with Crippen LogP contribution in [0.4, 0.5) is 5.69 Å². The quantitative estimate of drug-likeness (QED) is 0.692. The Kier molecular flexibility index (Phi) is 3.99. The van der Waals surface area contributed by atoms with Gasteiger partial charge in [-0.2, -0.15) is 0 Å². The summed E-state index contributed by atoms with van der Waals surface area (Å²) < 4.78 is 0.877. The molecule has 0 saturated heterocycles. The molecule has 0 fully saturated rings. The number of aromatic amines is 1. The van der Waals surface area contributed by atoms with Gasteiger partial charge >= 0.3 is 0 Å². The van der Waals surface area contributed by atoms with Gasteiger partial charge in [-0.05, 0) is 29.8 Å². The van der Waals surface area contributed by atoms with Gasteiger partial charge in [-0.1, -0.05) is 45.7 Å². The van der Waals surface area contributed by atoms with Crippen LogP contribution in [-0.2, 0) is 11.2 Å². The molecule has 5 heteroatoms. The lowest BCUT2D eigenvalue weighted by molar-refractivity contribution is -0.115. The minimum Gasteiger partial charge on any atom is -0.361 e. The minimum absolute atomic E-state index is 0.0935. The number of para-hydroxylation sites is 1. The largest absolute Gasteiger partial charge is 0.361 e. The summed E-state index contributed by atoms with van der Waals surface area (Å²) in [6.45, 7) is 0. The molecule has 106 valence electrons. The number of carbonyl (C=O) groups is 1. The SMILES string of the molecule is O=C(Cc1c[nH]c2ccccc12)Nc1ccc(Br)cc1Cl. The third-order valence-corrected chi connectivity index (χ3v) is 4.04. The topological polar surface area (TPSA) is 44.9 Å². The van der Waals surface area contributed by atoms with Crippen molar-refractivity contribution in [1.82, 2.24) is 4.98 Å². The van der Waals surface area contributed by atoms with Gasteiger partial charge in [0.25, 0.3) is 0 Å². The van der Waals surface area contributed by atoms with E-state index in [1.165, 1.54) is 0 Å². The van der Waals surface area contributed by atoms with Crippen LogP contribution in [0.3, 0.4) is 0 Å². The number of carbonyl (C=O) groups excluding carboxylic acids is 1. The maximum Gasteiger partial charge on any atom is 0.228 e. The Labute approximate surface area is 135 Å². The van der Waals surface area contributed by atoms with Gasteiger partial charge in [-0.3, -0.25) is 4.79 Å². The predicted octanol–water partition coefficient (Wildman–Crippen LogP) is 4.77. The molecule has 3 nitrogen and oxygen atoms in total. The van der Waals surface area contributed by atoms with E-state index < -0.39 is 0 Å². The van der Waals surface area contributed by atoms with Gasteiger partial charge < -0.3 is 10.3 Å². The minimum atomic E-state index is -0.0935. The molecule has 21 heavy (non-hydrogen) atoms. The van der Waals surface area contributed by atoms with Crippen LogP contribution in [0, 0.1) is 0 Å². The Morgan fingerprint density at radius 1 is 1.24 bits per heavy atom. The molecule has 0 spiro atoms. The first-order valence-corrected chi connectivity index (χ1v) is 7.60. The van der Waals surface area contributed by atoms with E-state index >= 15 is 0 Å². The number of hydrogen-bond donors (Lipinski definition) is 2. The normalized spacial score (nSPS) is 10.8. The molecule has 2 N–H and O–H groups in total. The van der Waals surface area contributed by atoms with Crippen LogP contribution >= 0.6 is 27.5 Å². The van der Waals surface area contributed by atoms with Crippen molar-refractivity contribution in [3.8, 4) is 0 Å². The van der Waals surface area contributed by atoms with E-state index in [2.05, 4.69) is 26.2 Å². The van der Waals surface area contributed by atoms with Crippen molar-refractivity contribution in [1.29, 1.82) is 0 Å². The zero-order chi connectivity index (χ0) is 14.8. The summed E-state index contributed by atoms with van der Waals surface area (Å²) in [6, 6.07) is 13.3. The highest BCUT2D eigenvalue weighted by Crippen LogP contribution is 2.26. The lowest BCUT2D eigenvalue weighted by Crippen LogP contribution is -2.14. The maximum atomic E-state index is 12.2. The Balaban J connectivity index is 1.77. The molecular formula is C16H12BrClN2O. The van der Waals surface area contributed by atoms with Crippen molar-refractivity contribution in [3.63, 3.8) is 0 Å². The smallest absolute Gasteiger partial charge is 0.228 e. The highest BCUT2D eigenvalue weighted by molar-refractivity contribution is 9.10. The van der Waals surface area contributed by atoms with Gasteiger partial charge in [0.1, 0.15) is 0 Å². The van der Waals surface area contributed by atoms with Crippen LogP contribution in [0.25, 0.3) is 10.9 Å². The molecule has 0 aliphatic heterocycles. The van der Waals surface area contributed by atoms with Crippen LogP contribution in [0.5, 0.6) is 0 Å². The molecule has 3 aromatic rings. The van der Waals surface area contributed by atoms with Crippen molar-refractivity contribution in [3.05, 3.63) is 63.7 Å². The molecule has 0 bridgehead atoms. The molecule has 0 radical (unpaired) electrons. The lowest BCUT2D eigenvalue weighted by Gasteiger charge is -2.07. The van der Waals surface area contributed by atoms with Gasteiger partial charge in [0, 0.05) is 21.6 Å². The first-order chi connectivity index (χ1) is 10.1.